The van der Waals surface area contributed by atoms with E-state index in [1.807, 2.05) is 25.1 Å². The fraction of sp³-hybridized carbons (Fsp3) is 0.364. The topological polar surface area (TPSA) is 51.0 Å². The molecule has 1 aromatic carbocycles. The van der Waals surface area contributed by atoms with E-state index in [0.717, 1.165) is 4.47 Å². The van der Waals surface area contributed by atoms with Crippen LogP contribution in [-0.2, 0) is 9.53 Å². The summed E-state index contributed by atoms with van der Waals surface area (Å²) in [4.78, 5) is 11.2. The molecule has 0 aliphatic carbocycles. The number of ether oxygens (including phenoxy) is 1. The molecule has 0 heterocycles. The van der Waals surface area contributed by atoms with Crippen LogP contribution in [0.1, 0.15) is 13.3 Å². The van der Waals surface area contributed by atoms with Crippen molar-refractivity contribution in [2.75, 3.05) is 13.2 Å². The van der Waals surface area contributed by atoms with Gasteiger partial charge in [-0.1, -0.05) is 12.1 Å². The largest absolute Gasteiger partial charge is 0.381 e. The number of carbonyl (C=O) groups excluding carboxylic acids is 1. The Bertz CT molecular complexity index is 380. The minimum absolute atomic E-state index is 0.266. The van der Waals surface area contributed by atoms with Crippen LogP contribution in [0.5, 0.6) is 0 Å². The molecule has 0 aromatic heterocycles. The number of benzene rings is 1. The highest BCUT2D eigenvalue weighted by molar-refractivity contribution is 9.10. The third kappa shape index (κ3) is 4.63. The summed E-state index contributed by atoms with van der Waals surface area (Å²) in [5.41, 5.74) is 0.646. The van der Waals surface area contributed by atoms with Crippen molar-refractivity contribution in [1.29, 1.82) is 0 Å². The highest BCUT2D eigenvalue weighted by Gasteiger charge is 2.00. The van der Waals surface area contributed by atoms with Gasteiger partial charge < -0.3 is 4.74 Å². The number of carbonyl (C=O) groups is 1. The molecule has 1 rings (SSSR count). The summed E-state index contributed by atoms with van der Waals surface area (Å²) in [6.07, 6.45) is 0.266. The van der Waals surface area contributed by atoms with Gasteiger partial charge >= 0.3 is 0 Å². The molecule has 0 spiro atoms. The normalized spacial score (nSPS) is 10.9. The Labute approximate surface area is 103 Å². The summed E-state index contributed by atoms with van der Waals surface area (Å²) in [5, 5.41) is 7.46. The molecule has 4 nitrogen and oxygen atoms in total. The van der Waals surface area contributed by atoms with Gasteiger partial charge in [-0.15, -0.1) is 10.2 Å². The van der Waals surface area contributed by atoms with Gasteiger partial charge in [0.15, 0.2) is 0 Å². The number of halogens is 1. The third-order valence-corrected chi connectivity index (χ3v) is 2.46. The molecule has 0 atom stereocenters. The maximum absolute atomic E-state index is 11.2. The minimum Gasteiger partial charge on any atom is -0.381 e. The van der Waals surface area contributed by atoms with E-state index in [4.69, 9.17) is 4.74 Å². The Balaban J connectivity index is 2.47. The van der Waals surface area contributed by atoms with E-state index in [9.17, 15) is 4.79 Å². The van der Waals surface area contributed by atoms with Gasteiger partial charge in [-0.2, -0.15) is 0 Å². The lowest BCUT2D eigenvalue weighted by molar-refractivity contribution is -0.119. The Hall–Kier alpha value is -1.07. The third-order valence-electron chi connectivity index (χ3n) is 1.79. The van der Waals surface area contributed by atoms with Crippen LogP contribution in [0.2, 0.25) is 0 Å². The molecule has 0 bridgehead atoms. The molecular formula is C11H13BrN2O2. The molecule has 0 radical (unpaired) electrons. The Kier molecular flexibility index (Phi) is 5.88. The van der Waals surface area contributed by atoms with E-state index in [1.54, 1.807) is 6.07 Å². The lowest BCUT2D eigenvalue weighted by atomic mass is 10.3. The van der Waals surface area contributed by atoms with Gasteiger partial charge in [0, 0.05) is 11.1 Å². The first kappa shape index (κ1) is 13.0. The predicted molar refractivity (Wildman–Crippen MR) is 64.8 cm³/mol. The van der Waals surface area contributed by atoms with Crippen molar-refractivity contribution >= 4 is 27.5 Å². The van der Waals surface area contributed by atoms with E-state index in [1.165, 1.54) is 0 Å². The van der Waals surface area contributed by atoms with Crippen LogP contribution in [0.15, 0.2) is 39.0 Å². The second-order valence-electron chi connectivity index (χ2n) is 2.99. The number of rotatable bonds is 5. The van der Waals surface area contributed by atoms with Gasteiger partial charge in [0.1, 0.15) is 0 Å². The van der Waals surface area contributed by atoms with E-state index < -0.39 is 0 Å². The molecule has 0 aliphatic rings. The molecule has 0 unspecified atom stereocenters. The molecule has 0 N–H and O–H groups in total. The SMILES string of the molecule is CCOCCC(=O)N=Nc1ccccc1Br. The number of hydrogen-bond donors (Lipinski definition) is 0. The van der Waals surface area contributed by atoms with Crippen molar-refractivity contribution in [2.45, 2.75) is 13.3 Å². The first-order valence-electron chi connectivity index (χ1n) is 5.01. The van der Waals surface area contributed by atoms with Gasteiger partial charge in [-0.3, -0.25) is 4.79 Å². The summed E-state index contributed by atoms with van der Waals surface area (Å²) in [7, 11) is 0. The monoisotopic (exact) mass is 284 g/mol. The Morgan fingerprint density at radius 2 is 2.19 bits per heavy atom. The standard InChI is InChI=1S/C11H13BrN2O2/c1-2-16-8-7-11(15)14-13-10-6-4-3-5-9(10)12/h3-6H,2,7-8H2,1H3. The summed E-state index contributed by atoms with van der Waals surface area (Å²) >= 11 is 3.32. The summed E-state index contributed by atoms with van der Waals surface area (Å²) in [6, 6.07) is 7.34. The van der Waals surface area contributed by atoms with E-state index >= 15 is 0 Å². The first-order chi connectivity index (χ1) is 7.74. The van der Waals surface area contributed by atoms with Gasteiger partial charge in [0.25, 0.3) is 5.91 Å². The van der Waals surface area contributed by atoms with Crippen LogP contribution in [0.25, 0.3) is 0 Å². The van der Waals surface area contributed by atoms with E-state index in [0.29, 0.717) is 18.9 Å². The molecule has 1 aromatic rings. The summed E-state index contributed by atoms with van der Waals surface area (Å²) < 4.78 is 5.86. The maximum Gasteiger partial charge on any atom is 0.267 e. The number of nitrogens with zero attached hydrogens (tertiary/aromatic N) is 2. The molecule has 0 saturated heterocycles. The van der Waals surface area contributed by atoms with Gasteiger partial charge in [-0.05, 0) is 35.0 Å². The second kappa shape index (κ2) is 7.24. The summed E-state index contributed by atoms with van der Waals surface area (Å²) in [5.74, 6) is -0.274. The average Bonchev–Trinajstić information content (AvgIpc) is 2.28. The van der Waals surface area contributed by atoms with Gasteiger partial charge in [0.2, 0.25) is 0 Å². The van der Waals surface area contributed by atoms with Crippen LogP contribution < -0.4 is 0 Å². The lowest BCUT2D eigenvalue weighted by Crippen LogP contribution is -2.00. The number of hydrogen-bond acceptors (Lipinski definition) is 3. The fourth-order valence-corrected chi connectivity index (χ4v) is 1.36. The predicted octanol–water partition coefficient (Wildman–Crippen LogP) is 3.49. The van der Waals surface area contributed by atoms with Gasteiger partial charge in [0.05, 0.1) is 18.7 Å². The zero-order chi connectivity index (χ0) is 11.8. The second-order valence-corrected chi connectivity index (χ2v) is 3.85. The quantitative estimate of drug-likeness (QED) is 0.614. The van der Waals surface area contributed by atoms with Crippen LogP contribution in [0, 0.1) is 0 Å². The molecule has 5 heteroatoms. The zero-order valence-electron chi connectivity index (χ0n) is 9.02. The first-order valence-corrected chi connectivity index (χ1v) is 5.80. The van der Waals surface area contributed by atoms with Crippen molar-refractivity contribution < 1.29 is 9.53 Å². The highest BCUT2D eigenvalue weighted by atomic mass is 79.9. The Morgan fingerprint density at radius 1 is 1.44 bits per heavy atom. The number of azo groups is 1. The number of amides is 1. The fourth-order valence-electron chi connectivity index (χ4n) is 0.996. The molecule has 1 amide bonds. The average molecular weight is 285 g/mol. The van der Waals surface area contributed by atoms with Crippen molar-refractivity contribution in [3.63, 3.8) is 0 Å². The Morgan fingerprint density at radius 3 is 2.88 bits per heavy atom. The van der Waals surface area contributed by atoms with Crippen molar-refractivity contribution in [3.05, 3.63) is 28.7 Å². The molecule has 0 saturated carbocycles. The van der Waals surface area contributed by atoms with Crippen LogP contribution in [0.3, 0.4) is 0 Å². The molecule has 86 valence electrons. The van der Waals surface area contributed by atoms with E-state index in [2.05, 4.69) is 26.2 Å². The molecule has 0 fully saturated rings. The molecule has 16 heavy (non-hydrogen) atoms. The smallest absolute Gasteiger partial charge is 0.267 e. The maximum atomic E-state index is 11.2. The van der Waals surface area contributed by atoms with Crippen LogP contribution in [-0.4, -0.2) is 19.1 Å². The lowest BCUT2D eigenvalue weighted by Gasteiger charge is -1.97. The van der Waals surface area contributed by atoms with Crippen LogP contribution in [0.4, 0.5) is 5.69 Å². The van der Waals surface area contributed by atoms with E-state index in [-0.39, 0.29) is 12.3 Å². The molecule has 0 aliphatic heterocycles. The van der Waals surface area contributed by atoms with Crippen molar-refractivity contribution in [1.82, 2.24) is 0 Å². The summed E-state index contributed by atoms with van der Waals surface area (Å²) in [6.45, 7) is 2.88. The van der Waals surface area contributed by atoms with Gasteiger partial charge in [-0.25, -0.2) is 0 Å². The van der Waals surface area contributed by atoms with Crippen molar-refractivity contribution in [3.8, 4) is 0 Å². The van der Waals surface area contributed by atoms with Crippen molar-refractivity contribution in [2.24, 2.45) is 10.2 Å². The van der Waals surface area contributed by atoms with Crippen LogP contribution >= 0.6 is 15.9 Å². The minimum atomic E-state index is -0.274. The zero-order valence-corrected chi connectivity index (χ0v) is 10.6. The molecular weight excluding hydrogens is 272 g/mol. The highest BCUT2D eigenvalue weighted by Crippen LogP contribution is 2.24.